The van der Waals surface area contributed by atoms with Crippen LogP contribution in [0.5, 0.6) is 0 Å². The average Bonchev–Trinajstić information content (AvgIpc) is 2.68. The van der Waals surface area contributed by atoms with Crippen LogP contribution in [0.2, 0.25) is 0 Å². The summed E-state index contributed by atoms with van der Waals surface area (Å²) in [5, 5.41) is 0. The number of rotatable bonds is 1. The van der Waals surface area contributed by atoms with E-state index in [-0.39, 0.29) is 5.82 Å². The highest BCUT2D eigenvalue weighted by atomic mass is 19.1. The number of halogens is 1. The lowest BCUT2D eigenvalue weighted by molar-refractivity contribution is 0.273. The summed E-state index contributed by atoms with van der Waals surface area (Å²) in [7, 11) is 0. The lowest BCUT2D eigenvalue weighted by Crippen LogP contribution is -2.37. The Morgan fingerprint density at radius 2 is 2.00 bits per heavy atom. The average molecular weight is 248 g/mol. The summed E-state index contributed by atoms with van der Waals surface area (Å²) in [6, 6.07) is 6.02. The van der Waals surface area contributed by atoms with Gasteiger partial charge in [-0.1, -0.05) is 12.1 Å². The van der Waals surface area contributed by atoms with Crippen molar-refractivity contribution in [3.63, 3.8) is 0 Å². The predicted octanol–water partition coefficient (Wildman–Crippen LogP) is 2.81. The van der Waals surface area contributed by atoms with Crippen molar-refractivity contribution in [2.24, 2.45) is 0 Å². The number of aryl methyl sites for hydroxylation is 1. The molecule has 2 aliphatic heterocycles. The van der Waals surface area contributed by atoms with Gasteiger partial charge in [0.15, 0.2) is 0 Å². The number of anilines is 1. The molecule has 0 aromatic heterocycles. The van der Waals surface area contributed by atoms with Gasteiger partial charge in [-0.2, -0.15) is 0 Å². The zero-order valence-electron chi connectivity index (χ0n) is 11.0. The van der Waals surface area contributed by atoms with E-state index >= 15 is 0 Å². The van der Waals surface area contributed by atoms with E-state index in [1.807, 2.05) is 13.0 Å². The van der Waals surface area contributed by atoms with Crippen molar-refractivity contribution in [1.82, 2.24) is 4.90 Å². The first kappa shape index (κ1) is 12.0. The standard InChI is InChI=1S/C15H21FN2/c1-12-5-2-7-14(16)15(12)18-10-4-9-17-8-3-6-13(17)11-18/h2,5,7,13H,3-4,6,8-11H2,1H3. The van der Waals surface area contributed by atoms with E-state index in [1.165, 1.54) is 25.9 Å². The van der Waals surface area contributed by atoms with Gasteiger partial charge >= 0.3 is 0 Å². The van der Waals surface area contributed by atoms with Gasteiger partial charge in [0.05, 0.1) is 5.69 Å². The minimum absolute atomic E-state index is 0.0681. The van der Waals surface area contributed by atoms with Crippen LogP contribution in [0, 0.1) is 12.7 Å². The first-order chi connectivity index (χ1) is 8.75. The van der Waals surface area contributed by atoms with Gasteiger partial charge in [-0.3, -0.25) is 4.90 Å². The van der Waals surface area contributed by atoms with Crippen LogP contribution in [0.1, 0.15) is 24.8 Å². The van der Waals surface area contributed by atoms with E-state index in [4.69, 9.17) is 0 Å². The van der Waals surface area contributed by atoms with Crippen LogP contribution in [-0.4, -0.2) is 37.1 Å². The first-order valence-corrected chi connectivity index (χ1v) is 7.00. The van der Waals surface area contributed by atoms with Gasteiger partial charge < -0.3 is 4.90 Å². The minimum Gasteiger partial charge on any atom is -0.367 e. The van der Waals surface area contributed by atoms with Crippen LogP contribution in [0.15, 0.2) is 18.2 Å². The molecular weight excluding hydrogens is 227 g/mol. The molecule has 2 fully saturated rings. The molecule has 1 atom stereocenters. The van der Waals surface area contributed by atoms with Crippen LogP contribution in [0.3, 0.4) is 0 Å². The molecule has 2 heterocycles. The number of fused-ring (bicyclic) bond motifs is 1. The van der Waals surface area contributed by atoms with E-state index in [0.29, 0.717) is 6.04 Å². The molecule has 2 saturated heterocycles. The number of hydrogen-bond acceptors (Lipinski definition) is 2. The minimum atomic E-state index is -0.0681. The molecule has 0 amide bonds. The Kier molecular flexibility index (Phi) is 3.25. The van der Waals surface area contributed by atoms with Crippen molar-refractivity contribution in [2.45, 2.75) is 32.2 Å². The van der Waals surface area contributed by atoms with Gasteiger partial charge in [-0.05, 0) is 44.4 Å². The highest BCUT2D eigenvalue weighted by Gasteiger charge is 2.29. The van der Waals surface area contributed by atoms with Gasteiger partial charge in [-0.15, -0.1) is 0 Å². The van der Waals surface area contributed by atoms with Crippen molar-refractivity contribution >= 4 is 5.69 Å². The number of hydrogen-bond donors (Lipinski definition) is 0. The second kappa shape index (κ2) is 4.88. The van der Waals surface area contributed by atoms with Crippen molar-refractivity contribution < 1.29 is 4.39 Å². The van der Waals surface area contributed by atoms with Gasteiger partial charge in [0.2, 0.25) is 0 Å². The predicted molar refractivity (Wildman–Crippen MR) is 72.6 cm³/mol. The third-order valence-corrected chi connectivity index (χ3v) is 4.31. The maximum absolute atomic E-state index is 14.1. The van der Waals surface area contributed by atoms with E-state index in [2.05, 4.69) is 9.80 Å². The number of para-hydroxylation sites is 1. The van der Waals surface area contributed by atoms with Crippen LogP contribution < -0.4 is 4.90 Å². The molecule has 3 heteroatoms. The fourth-order valence-corrected chi connectivity index (χ4v) is 3.43. The summed E-state index contributed by atoms with van der Waals surface area (Å²) in [6.07, 6.45) is 3.71. The van der Waals surface area contributed by atoms with Crippen molar-refractivity contribution in [3.8, 4) is 0 Å². The van der Waals surface area contributed by atoms with Crippen LogP contribution >= 0.6 is 0 Å². The zero-order chi connectivity index (χ0) is 12.5. The maximum Gasteiger partial charge on any atom is 0.146 e. The molecule has 0 radical (unpaired) electrons. The van der Waals surface area contributed by atoms with E-state index in [0.717, 1.165) is 30.8 Å². The third kappa shape index (κ3) is 2.12. The van der Waals surface area contributed by atoms with Crippen molar-refractivity contribution in [1.29, 1.82) is 0 Å². The fraction of sp³-hybridized carbons (Fsp3) is 0.600. The number of benzene rings is 1. The monoisotopic (exact) mass is 248 g/mol. The summed E-state index contributed by atoms with van der Waals surface area (Å²) < 4.78 is 14.1. The Labute approximate surface area is 108 Å². The molecule has 0 spiro atoms. The molecule has 1 unspecified atom stereocenters. The summed E-state index contributed by atoms with van der Waals surface area (Å²) >= 11 is 0. The smallest absolute Gasteiger partial charge is 0.146 e. The van der Waals surface area contributed by atoms with E-state index < -0.39 is 0 Å². The van der Waals surface area contributed by atoms with Crippen LogP contribution in [0.25, 0.3) is 0 Å². The second-order valence-corrected chi connectivity index (χ2v) is 5.54. The van der Waals surface area contributed by atoms with Gasteiger partial charge in [0, 0.05) is 25.7 Å². The van der Waals surface area contributed by atoms with Gasteiger partial charge in [-0.25, -0.2) is 4.39 Å². The maximum atomic E-state index is 14.1. The second-order valence-electron chi connectivity index (χ2n) is 5.54. The molecule has 2 aliphatic rings. The first-order valence-electron chi connectivity index (χ1n) is 7.00. The van der Waals surface area contributed by atoms with E-state index in [1.54, 1.807) is 12.1 Å². The molecule has 3 rings (SSSR count). The molecule has 0 bridgehead atoms. The Bertz CT molecular complexity index is 412. The third-order valence-electron chi connectivity index (χ3n) is 4.31. The zero-order valence-corrected chi connectivity index (χ0v) is 11.0. The molecule has 0 aliphatic carbocycles. The molecule has 0 saturated carbocycles. The van der Waals surface area contributed by atoms with Crippen LogP contribution in [0.4, 0.5) is 10.1 Å². The lowest BCUT2D eigenvalue weighted by Gasteiger charge is -2.28. The quantitative estimate of drug-likeness (QED) is 0.754. The van der Waals surface area contributed by atoms with Gasteiger partial charge in [0.1, 0.15) is 5.82 Å². The normalized spacial score (nSPS) is 25.0. The SMILES string of the molecule is Cc1cccc(F)c1N1CCCN2CCCC2C1. The molecular formula is C15H21FN2. The summed E-state index contributed by atoms with van der Waals surface area (Å²) in [4.78, 5) is 4.84. The Morgan fingerprint density at radius 1 is 1.17 bits per heavy atom. The molecule has 98 valence electrons. The Hall–Kier alpha value is -1.09. The highest BCUT2D eigenvalue weighted by Crippen LogP contribution is 2.28. The molecule has 2 nitrogen and oxygen atoms in total. The van der Waals surface area contributed by atoms with Gasteiger partial charge in [0.25, 0.3) is 0 Å². The molecule has 1 aromatic carbocycles. The molecule has 0 N–H and O–H groups in total. The Balaban J connectivity index is 1.87. The lowest BCUT2D eigenvalue weighted by atomic mass is 10.1. The van der Waals surface area contributed by atoms with Crippen molar-refractivity contribution in [2.75, 3.05) is 31.1 Å². The highest BCUT2D eigenvalue weighted by molar-refractivity contribution is 5.54. The molecule has 18 heavy (non-hydrogen) atoms. The Morgan fingerprint density at radius 3 is 2.83 bits per heavy atom. The van der Waals surface area contributed by atoms with E-state index in [9.17, 15) is 4.39 Å². The summed E-state index contributed by atoms with van der Waals surface area (Å²) in [5.74, 6) is -0.0681. The summed E-state index contributed by atoms with van der Waals surface area (Å²) in [6.45, 7) is 6.38. The summed E-state index contributed by atoms with van der Waals surface area (Å²) in [5.41, 5.74) is 1.88. The largest absolute Gasteiger partial charge is 0.367 e. The molecule has 1 aromatic rings. The van der Waals surface area contributed by atoms with Crippen LogP contribution in [-0.2, 0) is 0 Å². The fourth-order valence-electron chi connectivity index (χ4n) is 3.43. The van der Waals surface area contributed by atoms with Crippen molar-refractivity contribution in [3.05, 3.63) is 29.6 Å². The topological polar surface area (TPSA) is 6.48 Å². The number of nitrogens with zero attached hydrogens (tertiary/aromatic N) is 2.